The lowest BCUT2D eigenvalue weighted by Gasteiger charge is -2.12. The molecule has 2 aromatic heterocycles. The van der Waals surface area contributed by atoms with E-state index in [0.29, 0.717) is 11.8 Å². The van der Waals surface area contributed by atoms with Crippen molar-refractivity contribution < 1.29 is 4.42 Å². The van der Waals surface area contributed by atoms with Crippen LogP contribution in [0.5, 0.6) is 0 Å². The summed E-state index contributed by atoms with van der Waals surface area (Å²) in [6.07, 6.45) is 0. The molecule has 3 heteroatoms. The largest absolute Gasteiger partial charge is 0.436 e. The van der Waals surface area contributed by atoms with E-state index in [1.165, 1.54) is 27.5 Å². The predicted molar refractivity (Wildman–Crippen MR) is 128 cm³/mol. The highest BCUT2D eigenvalue weighted by Gasteiger charge is 2.14. The fraction of sp³-hybridized carbons (Fsp3) is 0.107. The summed E-state index contributed by atoms with van der Waals surface area (Å²) in [7, 11) is 0. The van der Waals surface area contributed by atoms with Gasteiger partial charge in [0.2, 0.25) is 5.89 Å². The van der Waals surface area contributed by atoms with Gasteiger partial charge in [0.25, 0.3) is 0 Å². The first-order valence-corrected chi connectivity index (χ1v) is 10.7. The van der Waals surface area contributed by atoms with E-state index in [9.17, 15) is 0 Å². The van der Waals surface area contributed by atoms with Gasteiger partial charge in [-0.3, -0.25) is 0 Å². The third-order valence-electron chi connectivity index (χ3n) is 6.02. The number of H-pyrrole nitrogens is 1. The van der Waals surface area contributed by atoms with Gasteiger partial charge in [-0.2, -0.15) is 0 Å². The first-order chi connectivity index (χ1) is 15.2. The van der Waals surface area contributed by atoms with Crippen molar-refractivity contribution in [1.29, 1.82) is 0 Å². The molecule has 0 fully saturated rings. The van der Waals surface area contributed by atoms with Crippen molar-refractivity contribution in [2.24, 2.45) is 0 Å². The summed E-state index contributed by atoms with van der Waals surface area (Å²) < 4.78 is 6.06. The van der Waals surface area contributed by atoms with Crippen LogP contribution in [-0.2, 0) is 0 Å². The minimum absolute atomic E-state index is 0.478. The molecule has 0 saturated heterocycles. The molecular formula is C28H22N2O. The Labute approximate surface area is 180 Å². The van der Waals surface area contributed by atoms with Gasteiger partial charge in [-0.15, -0.1) is 0 Å². The molecule has 150 valence electrons. The number of hydrogen-bond donors (Lipinski definition) is 1. The maximum Gasteiger partial charge on any atom is 0.227 e. The molecule has 0 aliphatic heterocycles. The molecule has 0 unspecified atom stereocenters. The lowest BCUT2D eigenvalue weighted by atomic mass is 9.92. The van der Waals surface area contributed by atoms with Crippen LogP contribution in [0, 0.1) is 0 Å². The fourth-order valence-electron chi connectivity index (χ4n) is 4.46. The quantitative estimate of drug-likeness (QED) is 0.327. The first kappa shape index (κ1) is 18.0. The Bertz CT molecular complexity index is 1550. The summed E-state index contributed by atoms with van der Waals surface area (Å²) in [6, 6.07) is 29.6. The Balaban J connectivity index is 1.50. The summed E-state index contributed by atoms with van der Waals surface area (Å²) >= 11 is 0. The van der Waals surface area contributed by atoms with Gasteiger partial charge in [0.1, 0.15) is 5.52 Å². The molecule has 6 aromatic rings. The van der Waals surface area contributed by atoms with Gasteiger partial charge >= 0.3 is 0 Å². The third-order valence-corrected chi connectivity index (χ3v) is 6.02. The second kappa shape index (κ2) is 6.85. The van der Waals surface area contributed by atoms with E-state index in [1.807, 2.05) is 30.3 Å². The van der Waals surface area contributed by atoms with E-state index in [-0.39, 0.29) is 0 Å². The molecule has 0 aliphatic carbocycles. The molecule has 4 aromatic carbocycles. The lowest BCUT2D eigenvalue weighted by molar-refractivity contribution is 0.620. The number of fused-ring (bicyclic) bond motifs is 4. The molecule has 3 nitrogen and oxygen atoms in total. The van der Waals surface area contributed by atoms with Crippen molar-refractivity contribution in [2.75, 3.05) is 0 Å². The van der Waals surface area contributed by atoms with Crippen LogP contribution in [0.1, 0.15) is 25.3 Å². The van der Waals surface area contributed by atoms with Gasteiger partial charge < -0.3 is 9.40 Å². The SMILES string of the molecule is CC(C)c1ccccc1-c1ccc2c(c1)[nH]c1cc3oc(-c4ccccc4)nc3cc12. The Morgan fingerprint density at radius 3 is 2.35 bits per heavy atom. The number of nitrogens with one attached hydrogen (secondary N) is 1. The number of hydrogen-bond acceptors (Lipinski definition) is 2. The molecule has 2 heterocycles. The van der Waals surface area contributed by atoms with Gasteiger partial charge in [0.05, 0.1) is 5.52 Å². The van der Waals surface area contributed by atoms with Crippen LogP contribution in [0.2, 0.25) is 0 Å². The summed E-state index contributed by atoms with van der Waals surface area (Å²) in [5.41, 5.74) is 8.74. The van der Waals surface area contributed by atoms with Crippen molar-refractivity contribution in [2.45, 2.75) is 19.8 Å². The number of benzene rings is 4. The molecule has 6 rings (SSSR count). The van der Waals surface area contributed by atoms with Gasteiger partial charge in [-0.25, -0.2) is 4.98 Å². The number of rotatable bonds is 3. The molecular weight excluding hydrogens is 380 g/mol. The third kappa shape index (κ3) is 2.93. The van der Waals surface area contributed by atoms with Crippen LogP contribution in [0.25, 0.3) is 55.5 Å². The van der Waals surface area contributed by atoms with E-state index in [1.54, 1.807) is 0 Å². The average molecular weight is 402 g/mol. The molecule has 0 amide bonds. The van der Waals surface area contributed by atoms with Crippen LogP contribution in [-0.4, -0.2) is 9.97 Å². The maximum atomic E-state index is 6.06. The van der Waals surface area contributed by atoms with E-state index >= 15 is 0 Å². The number of oxazole rings is 1. The highest BCUT2D eigenvalue weighted by atomic mass is 16.3. The van der Waals surface area contributed by atoms with E-state index in [4.69, 9.17) is 9.40 Å². The normalized spacial score (nSPS) is 11.8. The van der Waals surface area contributed by atoms with Gasteiger partial charge in [-0.1, -0.05) is 68.4 Å². The Morgan fingerprint density at radius 2 is 1.52 bits per heavy atom. The maximum absolute atomic E-state index is 6.06. The predicted octanol–water partition coefficient (Wildman–Crippen LogP) is 7.92. The Morgan fingerprint density at radius 1 is 0.742 bits per heavy atom. The van der Waals surface area contributed by atoms with Gasteiger partial charge in [-0.05, 0) is 46.9 Å². The topological polar surface area (TPSA) is 41.8 Å². The first-order valence-electron chi connectivity index (χ1n) is 10.7. The van der Waals surface area contributed by atoms with E-state index in [0.717, 1.165) is 27.7 Å². The fourth-order valence-corrected chi connectivity index (χ4v) is 4.46. The zero-order valence-electron chi connectivity index (χ0n) is 17.5. The molecule has 0 atom stereocenters. The van der Waals surface area contributed by atoms with Crippen LogP contribution >= 0.6 is 0 Å². The Kier molecular flexibility index (Phi) is 3.97. The minimum Gasteiger partial charge on any atom is -0.436 e. The highest BCUT2D eigenvalue weighted by Crippen LogP contribution is 2.35. The van der Waals surface area contributed by atoms with E-state index < -0.39 is 0 Å². The summed E-state index contributed by atoms with van der Waals surface area (Å²) in [4.78, 5) is 8.33. The standard InChI is InChI=1S/C28H22N2O/c1-17(2)20-10-6-7-11-21(20)19-12-13-22-23-15-26-27(16-25(23)29-24(22)14-19)31-28(30-26)18-8-4-3-5-9-18/h3-17,29H,1-2H3. The Hall–Kier alpha value is -3.85. The summed E-state index contributed by atoms with van der Waals surface area (Å²) in [6.45, 7) is 4.48. The smallest absolute Gasteiger partial charge is 0.227 e. The van der Waals surface area contributed by atoms with Crippen LogP contribution in [0.3, 0.4) is 0 Å². The van der Waals surface area contributed by atoms with Crippen molar-refractivity contribution >= 4 is 32.9 Å². The van der Waals surface area contributed by atoms with Crippen LogP contribution in [0.4, 0.5) is 0 Å². The van der Waals surface area contributed by atoms with Crippen LogP contribution in [0.15, 0.2) is 89.3 Å². The zero-order valence-corrected chi connectivity index (χ0v) is 17.5. The minimum atomic E-state index is 0.478. The van der Waals surface area contributed by atoms with Crippen molar-refractivity contribution in [3.8, 4) is 22.6 Å². The number of aromatic amines is 1. The average Bonchev–Trinajstić information content (AvgIpc) is 3.38. The molecule has 1 N–H and O–H groups in total. The van der Waals surface area contributed by atoms with Crippen molar-refractivity contribution in [1.82, 2.24) is 9.97 Å². The van der Waals surface area contributed by atoms with Crippen molar-refractivity contribution in [3.05, 3.63) is 90.5 Å². The zero-order chi connectivity index (χ0) is 20.9. The molecule has 0 saturated carbocycles. The highest BCUT2D eigenvalue weighted by molar-refractivity contribution is 6.11. The van der Waals surface area contributed by atoms with Crippen LogP contribution < -0.4 is 0 Å². The molecule has 0 bridgehead atoms. The van der Waals surface area contributed by atoms with Gasteiger partial charge in [0.15, 0.2) is 5.58 Å². The molecule has 0 spiro atoms. The van der Waals surface area contributed by atoms with E-state index in [2.05, 4.69) is 73.4 Å². The number of aromatic nitrogens is 2. The van der Waals surface area contributed by atoms with Crippen molar-refractivity contribution in [3.63, 3.8) is 0 Å². The summed E-state index contributed by atoms with van der Waals surface area (Å²) in [5.74, 6) is 1.13. The lowest BCUT2D eigenvalue weighted by Crippen LogP contribution is -1.91. The second-order valence-electron chi connectivity index (χ2n) is 8.38. The summed E-state index contributed by atoms with van der Waals surface area (Å²) in [5, 5.41) is 2.37. The number of nitrogens with zero attached hydrogens (tertiary/aromatic N) is 1. The second-order valence-corrected chi connectivity index (χ2v) is 8.38. The van der Waals surface area contributed by atoms with Gasteiger partial charge in [0, 0.05) is 27.9 Å². The molecule has 0 aliphatic rings. The molecule has 0 radical (unpaired) electrons. The monoisotopic (exact) mass is 402 g/mol. The molecule has 31 heavy (non-hydrogen) atoms.